The van der Waals surface area contributed by atoms with Gasteiger partial charge in [0.05, 0.1) is 7.11 Å². The van der Waals surface area contributed by atoms with E-state index in [9.17, 15) is 4.79 Å². The third-order valence-corrected chi connectivity index (χ3v) is 2.73. The van der Waals surface area contributed by atoms with E-state index in [1.54, 1.807) is 25.3 Å². The van der Waals surface area contributed by atoms with Crippen LogP contribution in [0.2, 0.25) is 0 Å². The summed E-state index contributed by atoms with van der Waals surface area (Å²) in [6, 6.07) is 14.8. The van der Waals surface area contributed by atoms with Gasteiger partial charge in [-0.2, -0.15) is 0 Å². The van der Waals surface area contributed by atoms with Gasteiger partial charge in [-0.05, 0) is 36.8 Å². The number of ether oxygens (including phenoxy) is 1. The number of rotatable bonds is 3. The SMILES string of the molecule is COc1cccc(C(=O)Nc2ccccc2C)c1. The summed E-state index contributed by atoms with van der Waals surface area (Å²) in [5.74, 6) is 0.538. The Labute approximate surface area is 106 Å². The zero-order valence-corrected chi connectivity index (χ0v) is 10.4. The molecule has 2 aromatic rings. The summed E-state index contributed by atoms with van der Waals surface area (Å²) in [5, 5.41) is 2.88. The molecule has 1 amide bonds. The number of hydrogen-bond donors (Lipinski definition) is 1. The van der Waals surface area contributed by atoms with Crippen LogP contribution in [0.4, 0.5) is 5.69 Å². The highest BCUT2D eigenvalue weighted by Crippen LogP contribution is 2.17. The molecular formula is C15H15NO2. The van der Waals surface area contributed by atoms with Gasteiger partial charge in [-0.25, -0.2) is 0 Å². The van der Waals surface area contributed by atoms with Crippen LogP contribution in [-0.4, -0.2) is 13.0 Å². The van der Waals surface area contributed by atoms with Crippen LogP contribution < -0.4 is 10.1 Å². The molecule has 0 radical (unpaired) electrons. The fourth-order valence-electron chi connectivity index (χ4n) is 1.67. The van der Waals surface area contributed by atoms with Crippen LogP contribution in [-0.2, 0) is 0 Å². The van der Waals surface area contributed by atoms with Gasteiger partial charge in [-0.15, -0.1) is 0 Å². The average molecular weight is 241 g/mol. The molecule has 0 spiro atoms. The van der Waals surface area contributed by atoms with Crippen LogP contribution in [0, 0.1) is 6.92 Å². The maximum absolute atomic E-state index is 12.1. The number of anilines is 1. The Kier molecular flexibility index (Phi) is 3.63. The van der Waals surface area contributed by atoms with Crippen LogP contribution >= 0.6 is 0 Å². The monoisotopic (exact) mass is 241 g/mol. The van der Waals surface area contributed by atoms with Crippen molar-refractivity contribution in [2.45, 2.75) is 6.92 Å². The van der Waals surface area contributed by atoms with Gasteiger partial charge in [-0.3, -0.25) is 4.79 Å². The van der Waals surface area contributed by atoms with Crippen LogP contribution in [0.15, 0.2) is 48.5 Å². The molecule has 0 aromatic heterocycles. The lowest BCUT2D eigenvalue weighted by atomic mass is 10.1. The van der Waals surface area contributed by atoms with Crippen molar-refractivity contribution in [2.75, 3.05) is 12.4 Å². The molecule has 1 N–H and O–H groups in total. The number of para-hydroxylation sites is 1. The summed E-state index contributed by atoms with van der Waals surface area (Å²) in [5.41, 5.74) is 2.44. The first kappa shape index (κ1) is 12.2. The third-order valence-electron chi connectivity index (χ3n) is 2.73. The van der Waals surface area contributed by atoms with Crippen molar-refractivity contribution in [1.29, 1.82) is 0 Å². The minimum Gasteiger partial charge on any atom is -0.497 e. The van der Waals surface area contributed by atoms with E-state index < -0.39 is 0 Å². The van der Waals surface area contributed by atoms with Gasteiger partial charge >= 0.3 is 0 Å². The number of hydrogen-bond acceptors (Lipinski definition) is 2. The van der Waals surface area contributed by atoms with Crippen molar-refractivity contribution >= 4 is 11.6 Å². The lowest BCUT2D eigenvalue weighted by Gasteiger charge is -2.08. The molecule has 0 atom stereocenters. The van der Waals surface area contributed by atoms with Crippen LogP contribution in [0.25, 0.3) is 0 Å². The summed E-state index contributed by atoms with van der Waals surface area (Å²) >= 11 is 0. The predicted octanol–water partition coefficient (Wildman–Crippen LogP) is 3.26. The highest BCUT2D eigenvalue weighted by molar-refractivity contribution is 6.04. The molecule has 0 saturated carbocycles. The van der Waals surface area contributed by atoms with E-state index in [4.69, 9.17) is 4.74 Å². The number of nitrogens with one attached hydrogen (secondary N) is 1. The molecule has 0 bridgehead atoms. The summed E-state index contributed by atoms with van der Waals surface area (Å²) < 4.78 is 5.10. The first-order valence-corrected chi connectivity index (χ1v) is 5.72. The quantitative estimate of drug-likeness (QED) is 0.895. The fourth-order valence-corrected chi connectivity index (χ4v) is 1.67. The van der Waals surface area contributed by atoms with Gasteiger partial charge < -0.3 is 10.1 Å². The zero-order chi connectivity index (χ0) is 13.0. The first-order valence-electron chi connectivity index (χ1n) is 5.72. The average Bonchev–Trinajstić information content (AvgIpc) is 2.41. The molecule has 2 aromatic carbocycles. The molecule has 0 aliphatic rings. The number of carbonyl (C=O) groups is 1. The Morgan fingerprint density at radius 3 is 2.61 bits per heavy atom. The summed E-state index contributed by atoms with van der Waals surface area (Å²) in [6.07, 6.45) is 0. The predicted molar refractivity (Wildman–Crippen MR) is 72.1 cm³/mol. The van der Waals surface area contributed by atoms with Gasteiger partial charge in [0.1, 0.15) is 5.75 Å². The smallest absolute Gasteiger partial charge is 0.255 e. The lowest BCUT2D eigenvalue weighted by Crippen LogP contribution is -2.12. The number of benzene rings is 2. The second-order valence-electron chi connectivity index (χ2n) is 4.00. The molecule has 0 unspecified atom stereocenters. The van der Waals surface area contributed by atoms with E-state index in [2.05, 4.69) is 5.32 Å². The topological polar surface area (TPSA) is 38.3 Å². The van der Waals surface area contributed by atoms with Crippen LogP contribution in [0.3, 0.4) is 0 Å². The number of carbonyl (C=O) groups excluding carboxylic acids is 1. The van der Waals surface area contributed by atoms with Gasteiger partial charge in [0.25, 0.3) is 5.91 Å². The van der Waals surface area contributed by atoms with Crippen LogP contribution in [0.5, 0.6) is 5.75 Å². The summed E-state index contributed by atoms with van der Waals surface area (Å²) in [7, 11) is 1.58. The summed E-state index contributed by atoms with van der Waals surface area (Å²) in [6.45, 7) is 1.96. The second-order valence-corrected chi connectivity index (χ2v) is 4.00. The van der Waals surface area contributed by atoms with Crippen molar-refractivity contribution in [3.63, 3.8) is 0 Å². The molecule has 3 heteroatoms. The van der Waals surface area contributed by atoms with E-state index >= 15 is 0 Å². The molecule has 92 valence electrons. The highest BCUT2D eigenvalue weighted by Gasteiger charge is 2.07. The van der Waals surface area contributed by atoms with Crippen molar-refractivity contribution < 1.29 is 9.53 Å². The number of aryl methyl sites for hydroxylation is 1. The zero-order valence-electron chi connectivity index (χ0n) is 10.4. The molecule has 0 fully saturated rings. The summed E-state index contributed by atoms with van der Waals surface area (Å²) in [4.78, 5) is 12.1. The number of methoxy groups -OCH3 is 1. The number of amides is 1. The Morgan fingerprint density at radius 1 is 1.11 bits per heavy atom. The molecule has 3 nitrogen and oxygen atoms in total. The largest absolute Gasteiger partial charge is 0.497 e. The third kappa shape index (κ3) is 2.69. The van der Waals surface area contributed by atoms with Gasteiger partial charge in [0, 0.05) is 11.3 Å². The maximum atomic E-state index is 12.1. The van der Waals surface area contributed by atoms with Crippen molar-refractivity contribution in [1.82, 2.24) is 0 Å². The molecule has 0 saturated heterocycles. The van der Waals surface area contributed by atoms with Crippen LogP contribution in [0.1, 0.15) is 15.9 Å². The molecular weight excluding hydrogens is 226 g/mol. The van der Waals surface area contributed by atoms with E-state index in [1.807, 2.05) is 37.3 Å². The van der Waals surface area contributed by atoms with Crippen molar-refractivity contribution in [3.8, 4) is 5.75 Å². The Morgan fingerprint density at radius 2 is 1.89 bits per heavy atom. The fraction of sp³-hybridized carbons (Fsp3) is 0.133. The molecule has 0 aliphatic carbocycles. The molecule has 2 rings (SSSR count). The first-order chi connectivity index (χ1) is 8.70. The normalized spacial score (nSPS) is 9.89. The Hall–Kier alpha value is -2.29. The molecule has 0 aliphatic heterocycles. The van der Waals surface area contributed by atoms with Gasteiger partial charge in [0.15, 0.2) is 0 Å². The lowest BCUT2D eigenvalue weighted by molar-refractivity contribution is 0.102. The van der Waals surface area contributed by atoms with E-state index in [1.165, 1.54) is 0 Å². The van der Waals surface area contributed by atoms with Crippen molar-refractivity contribution in [3.05, 3.63) is 59.7 Å². The second kappa shape index (κ2) is 5.36. The van der Waals surface area contributed by atoms with E-state index in [0.717, 1.165) is 11.3 Å². The van der Waals surface area contributed by atoms with Gasteiger partial charge in [-0.1, -0.05) is 24.3 Å². The standard InChI is InChI=1S/C15H15NO2/c1-11-6-3-4-9-14(11)16-15(17)12-7-5-8-13(10-12)18-2/h3-10H,1-2H3,(H,16,17). The van der Waals surface area contributed by atoms with Crippen molar-refractivity contribution in [2.24, 2.45) is 0 Å². The highest BCUT2D eigenvalue weighted by atomic mass is 16.5. The Balaban J connectivity index is 2.19. The minimum absolute atomic E-state index is 0.136. The van der Waals surface area contributed by atoms with E-state index in [0.29, 0.717) is 11.3 Å². The maximum Gasteiger partial charge on any atom is 0.255 e. The minimum atomic E-state index is -0.136. The molecule has 18 heavy (non-hydrogen) atoms. The Bertz CT molecular complexity index is 564. The molecule has 0 heterocycles. The van der Waals surface area contributed by atoms with E-state index in [-0.39, 0.29) is 5.91 Å². The van der Waals surface area contributed by atoms with Gasteiger partial charge in [0.2, 0.25) is 0 Å².